The fourth-order valence-corrected chi connectivity index (χ4v) is 2.56. The highest BCUT2D eigenvalue weighted by atomic mass is 19.1. The van der Waals surface area contributed by atoms with Crippen LogP contribution in [-0.4, -0.2) is 43.8 Å². The molecule has 1 saturated heterocycles. The van der Waals surface area contributed by atoms with Crippen molar-refractivity contribution in [1.29, 1.82) is 0 Å². The summed E-state index contributed by atoms with van der Waals surface area (Å²) in [4.78, 5) is 13.7. The molecule has 4 nitrogen and oxygen atoms in total. The first-order chi connectivity index (χ1) is 10.6. The second-order valence-corrected chi connectivity index (χ2v) is 5.66. The molecular formula is C17H24FNO3. The molecule has 1 aliphatic heterocycles. The van der Waals surface area contributed by atoms with E-state index in [1.807, 2.05) is 6.92 Å². The Morgan fingerprint density at radius 1 is 1.50 bits per heavy atom. The van der Waals surface area contributed by atoms with E-state index in [4.69, 9.17) is 9.47 Å². The van der Waals surface area contributed by atoms with Crippen molar-refractivity contribution in [2.75, 3.05) is 26.9 Å². The minimum atomic E-state index is -0.299. The third-order valence-corrected chi connectivity index (χ3v) is 4.12. The predicted molar refractivity (Wildman–Crippen MR) is 82.0 cm³/mol. The summed E-state index contributed by atoms with van der Waals surface area (Å²) in [5, 5.41) is 0. The molecule has 22 heavy (non-hydrogen) atoms. The lowest BCUT2D eigenvalue weighted by Gasteiger charge is -2.25. The summed E-state index contributed by atoms with van der Waals surface area (Å²) >= 11 is 0. The number of nitrogens with zero attached hydrogens (tertiary/aromatic N) is 1. The van der Waals surface area contributed by atoms with Crippen LogP contribution >= 0.6 is 0 Å². The number of amides is 1. The van der Waals surface area contributed by atoms with Crippen LogP contribution in [0.5, 0.6) is 0 Å². The fraction of sp³-hybridized carbons (Fsp3) is 0.588. The van der Waals surface area contributed by atoms with Gasteiger partial charge in [-0.3, -0.25) is 4.79 Å². The van der Waals surface area contributed by atoms with Crippen molar-refractivity contribution in [3.05, 3.63) is 35.6 Å². The molecule has 0 spiro atoms. The smallest absolute Gasteiger partial charge is 0.225 e. The number of ether oxygens (including phenoxy) is 2. The van der Waals surface area contributed by atoms with Crippen molar-refractivity contribution in [3.8, 4) is 0 Å². The van der Waals surface area contributed by atoms with E-state index in [9.17, 15) is 9.18 Å². The number of halogens is 1. The van der Waals surface area contributed by atoms with Gasteiger partial charge in [-0.2, -0.15) is 0 Å². The lowest BCUT2D eigenvalue weighted by Crippen LogP contribution is -2.31. The van der Waals surface area contributed by atoms with Gasteiger partial charge in [0.05, 0.1) is 31.8 Å². The molecule has 0 aromatic heterocycles. The molecule has 1 aliphatic rings. The third kappa shape index (κ3) is 4.52. The van der Waals surface area contributed by atoms with Gasteiger partial charge in [-0.1, -0.05) is 18.2 Å². The summed E-state index contributed by atoms with van der Waals surface area (Å²) in [6.07, 6.45) is 2.57. The number of hydrogen-bond acceptors (Lipinski definition) is 3. The van der Waals surface area contributed by atoms with Crippen LogP contribution in [-0.2, 0) is 14.3 Å². The van der Waals surface area contributed by atoms with Crippen LogP contribution in [0.15, 0.2) is 24.3 Å². The van der Waals surface area contributed by atoms with Crippen LogP contribution in [0.25, 0.3) is 0 Å². The Labute approximate surface area is 131 Å². The molecule has 1 heterocycles. The van der Waals surface area contributed by atoms with Gasteiger partial charge in [-0.05, 0) is 25.8 Å². The third-order valence-electron chi connectivity index (χ3n) is 4.12. The Kier molecular flexibility index (Phi) is 6.34. The molecule has 0 bridgehead atoms. The Morgan fingerprint density at radius 3 is 2.95 bits per heavy atom. The van der Waals surface area contributed by atoms with E-state index in [1.54, 1.807) is 30.1 Å². The van der Waals surface area contributed by atoms with E-state index in [2.05, 4.69) is 0 Å². The molecule has 2 atom stereocenters. The van der Waals surface area contributed by atoms with E-state index in [1.165, 1.54) is 6.07 Å². The standard InChI is InChI=1S/C17H24FNO3/c1-13(15-7-3-4-8-16(15)18)19(2)17(20)9-11-21-12-14-6-5-10-22-14/h3-4,7-8,13-14H,5-6,9-12H2,1-2H3. The zero-order valence-corrected chi connectivity index (χ0v) is 13.3. The highest BCUT2D eigenvalue weighted by molar-refractivity contribution is 5.76. The summed E-state index contributed by atoms with van der Waals surface area (Å²) in [6, 6.07) is 6.24. The summed E-state index contributed by atoms with van der Waals surface area (Å²) in [7, 11) is 1.69. The average Bonchev–Trinajstić information content (AvgIpc) is 3.03. The maximum Gasteiger partial charge on any atom is 0.225 e. The first-order valence-corrected chi connectivity index (χ1v) is 7.79. The molecule has 5 heteroatoms. The van der Waals surface area contributed by atoms with Crippen molar-refractivity contribution < 1.29 is 18.7 Å². The zero-order chi connectivity index (χ0) is 15.9. The molecule has 1 amide bonds. The van der Waals surface area contributed by atoms with Gasteiger partial charge in [0.2, 0.25) is 5.91 Å². The number of hydrogen-bond donors (Lipinski definition) is 0. The molecule has 0 saturated carbocycles. The lowest BCUT2D eigenvalue weighted by atomic mass is 10.1. The van der Waals surface area contributed by atoms with E-state index < -0.39 is 0 Å². The summed E-state index contributed by atoms with van der Waals surface area (Å²) < 4.78 is 24.7. The van der Waals surface area contributed by atoms with Gasteiger partial charge >= 0.3 is 0 Å². The SMILES string of the molecule is CC(c1ccccc1F)N(C)C(=O)CCOCC1CCCO1. The van der Waals surface area contributed by atoms with Crippen molar-refractivity contribution in [3.63, 3.8) is 0 Å². The normalized spacial score (nSPS) is 19.1. The lowest BCUT2D eigenvalue weighted by molar-refractivity contribution is -0.133. The van der Waals surface area contributed by atoms with Gasteiger partial charge in [-0.15, -0.1) is 0 Å². The molecule has 2 rings (SSSR count). The molecule has 122 valence electrons. The predicted octanol–water partition coefficient (Wildman–Crippen LogP) is 2.93. The Morgan fingerprint density at radius 2 is 2.27 bits per heavy atom. The first kappa shape index (κ1) is 16.9. The van der Waals surface area contributed by atoms with E-state index >= 15 is 0 Å². The van der Waals surface area contributed by atoms with Crippen LogP contribution in [0.4, 0.5) is 4.39 Å². The van der Waals surface area contributed by atoms with E-state index in [0.29, 0.717) is 25.2 Å². The van der Waals surface area contributed by atoms with Crippen LogP contribution in [0.3, 0.4) is 0 Å². The van der Waals surface area contributed by atoms with E-state index in [0.717, 1.165) is 19.4 Å². The minimum absolute atomic E-state index is 0.0527. The van der Waals surface area contributed by atoms with Gasteiger partial charge in [0.15, 0.2) is 0 Å². The molecular weight excluding hydrogens is 285 g/mol. The van der Waals surface area contributed by atoms with Crippen LogP contribution in [0, 0.1) is 5.82 Å². The number of carbonyl (C=O) groups is 1. The average molecular weight is 309 g/mol. The van der Waals surface area contributed by atoms with Crippen LogP contribution in [0.2, 0.25) is 0 Å². The van der Waals surface area contributed by atoms with E-state index in [-0.39, 0.29) is 23.9 Å². The summed E-state index contributed by atoms with van der Waals surface area (Å²) in [5.74, 6) is -0.340. The highest BCUT2D eigenvalue weighted by Gasteiger charge is 2.20. The summed E-state index contributed by atoms with van der Waals surface area (Å²) in [6.45, 7) is 3.53. The van der Waals surface area contributed by atoms with Gasteiger partial charge in [0.1, 0.15) is 5.82 Å². The molecule has 2 unspecified atom stereocenters. The Bertz CT molecular complexity index is 489. The number of benzene rings is 1. The van der Waals surface area contributed by atoms with Gasteiger partial charge in [0.25, 0.3) is 0 Å². The second-order valence-electron chi connectivity index (χ2n) is 5.66. The van der Waals surface area contributed by atoms with Crippen molar-refractivity contribution in [2.24, 2.45) is 0 Å². The molecule has 1 aromatic carbocycles. The quantitative estimate of drug-likeness (QED) is 0.727. The zero-order valence-electron chi connectivity index (χ0n) is 13.3. The second kappa shape index (κ2) is 8.25. The molecule has 0 N–H and O–H groups in total. The maximum absolute atomic E-state index is 13.8. The van der Waals surface area contributed by atoms with Gasteiger partial charge < -0.3 is 14.4 Å². The summed E-state index contributed by atoms with van der Waals surface area (Å²) in [5.41, 5.74) is 0.527. The topological polar surface area (TPSA) is 38.8 Å². The van der Waals surface area contributed by atoms with Crippen LogP contribution in [0.1, 0.15) is 37.8 Å². The molecule has 1 fully saturated rings. The Balaban J connectivity index is 1.75. The monoisotopic (exact) mass is 309 g/mol. The van der Waals surface area contributed by atoms with Crippen molar-refractivity contribution >= 4 is 5.91 Å². The van der Waals surface area contributed by atoms with Crippen LogP contribution < -0.4 is 0 Å². The number of carbonyl (C=O) groups excluding carboxylic acids is 1. The number of rotatable bonds is 7. The highest BCUT2D eigenvalue weighted by Crippen LogP contribution is 2.22. The minimum Gasteiger partial charge on any atom is -0.378 e. The Hall–Kier alpha value is -1.46. The van der Waals surface area contributed by atoms with Gasteiger partial charge in [-0.25, -0.2) is 4.39 Å². The maximum atomic E-state index is 13.8. The van der Waals surface area contributed by atoms with Gasteiger partial charge in [0, 0.05) is 19.2 Å². The first-order valence-electron chi connectivity index (χ1n) is 7.79. The fourth-order valence-electron chi connectivity index (χ4n) is 2.56. The molecule has 0 aliphatic carbocycles. The van der Waals surface area contributed by atoms with Crippen molar-refractivity contribution in [1.82, 2.24) is 4.90 Å². The molecule has 0 radical (unpaired) electrons. The van der Waals surface area contributed by atoms with Crippen molar-refractivity contribution in [2.45, 2.75) is 38.3 Å². The largest absolute Gasteiger partial charge is 0.378 e. The molecule has 1 aromatic rings.